The van der Waals surface area contributed by atoms with E-state index in [2.05, 4.69) is 6.92 Å². The standard InChI is InChI=1S/C15H27NO/c1-2-3-4-5-6-7-9-14(16)11-12-15-10-8-13-17-15/h8,10,13-14H,2-7,9,11-12,16H2,1H3. The van der Waals surface area contributed by atoms with Gasteiger partial charge in [0.1, 0.15) is 5.76 Å². The van der Waals surface area contributed by atoms with Crippen molar-refractivity contribution in [1.29, 1.82) is 0 Å². The van der Waals surface area contributed by atoms with Crippen molar-refractivity contribution in [3.05, 3.63) is 24.2 Å². The molecule has 17 heavy (non-hydrogen) atoms. The van der Waals surface area contributed by atoms with Crippen LogP contribution < -0.4 is 5.73 Å². The van der Waals surface area contributed by atoms with Crippen LogP contribution in [-0.2, 0) is 6.42 Å². The van der Waals surface area contributed by atoms with Crippen LogP contribution in [0.5, 0.6) is 0 Å². The van der Waals surface area contributed by atoms with Gasteiger partial charge in [0.25, 0.3) is 0 Å². The Labute approximate surface area is 106 Å². The first-order chi connectivity index (χ1) is 8.33. The van der Waals surface area contributed by atoms with Gasteiger partial charge in [0.05, 0.1) is 6.26 Å². The van der Waals surface area contributed by atoms with Crippen LogP contribution in [0.3, 0.4) is 0 Å². The predicted octanol–water partition coefficient (Wildman–Crippen LogP) is 4.29. The minimum Gasteiger partial charge on any atom is -0.469 e. The summed E-state index contributed by atoms with van der Waals surface area (Å²) < 4.78 is 5.30. The number of unbranched alkanes of at least 4 members (excludes halogenated alkanes) is 5. The molecule has 0 saturated heterocycles. The van der Waals surface area contributed by atoms with Gasteiger partial charge in [-0.05, 0) is 25.0 Å². The number of furan rings is 1. The summed E-state index contributed by atoms with van der Waals surface area (Å²) in [6.07, 6.45) is 13.0. The molecular formula is C15H27NO. The summed E-state index contributed by atoms with van der Waals surface area (Å²) in [5.41, 5.74) is 6.09. The van der Waals surface area contributed by atoms with Crippen LogP contribution in [0.25, 0.3) is 0 Å². The third-order valence-corrected chi connectivity index (χ3v) is 3.27. The fourth-order valence-electron chi connectivity index (χ4n) is 2.11. The van der Waals surface area contributed by atoms with Crippen molar-refractivity contribution >= 4 is 0 Å². The minimum atomic E-state index is 0.339. The summed E-state index contributed by atoms with van der Waals surface area (Å²) in [5.74, 6) is 1.06. The van der Waals surface area contributed by atoms with Gasteiger partial charge in [-0.3, -0.25) is 0 Å². The van der Waals surface area contributed by atoms with Crippen LogP contribution in [-0.4, -0.2) is 6.04 Å². The van der Waals surface area contributed by atoms with Gasteiger partial charge in [0, 0.05) is 12.5 Å². The van der Waals surface area contributed by atoms with Gasteiger partial charge in [0.15, 0.2) is 0 Å². The molecule has 0 saturated carbocycles. The second-order valence-electron chi connectivity index (χ2n) is 4.93. The van der Waals surface area contributed by atoms with Crippen molar-refractivity contribution in [2.45, 2.75) is 70.8 Å². The summed E-state index contributed by atoms with van der Waals surface area (Å²) in [5, 5.41) is 0. The molecule has 0 amide bonds. The van der Waals surface area contributed by atoms with E-state index in [-0.39, 0.29) is 0 Å². The summed E-state index contributed by atoms with van der Waals surface area (Å²) in [4.78, 5) is 0. The Morgan fingerprint density at radius 3 is 2.59 bits per heavy atom. The summed E-state index contributed by atoms with van der Waals surface area (Å²) in [6, 6.07) is 4.30. The number of hydrogen-bond acceptors (Lipinski definition) is 2. The lowest BCUT2D eigenvalue weighted by molar-refractivity contribution is 0.465. The molecule has 2 nitrogen and oxygen atoms in total. The first-order valence-corrected chi connectivity index (χ1v) is 7.11. The number of rotatable bonds is 10. The summed E-state index contributed by atoms with van der Waals surface area (Å²) >= 11 is 0. The average Bonchev–Trinajstić information content (AvgIpc) is 2.84. The molecule has 1 rings (SSSR count). The van der Waals surface area contributed by atoms with E-state index in [1.807, 2.05) is 12.1 Å². The molecule has 0 bridgehead atoms. The highest BCUT2D eigenvalue weighted by Crippen LogP contribution is 2.11. The fourth-order valence-corrected chi connectivity index (χ4v) is 2.11. The molecule has 0 aliphatic rings. The molecule has 0 spiro atoms. The minimum absolute atomic E-state index is 0.339. The summed E-state index contributed by atoms with van der Waals surface area (Å²) in [6.45, 7) is 2.25. The zero-order chi connectivity index (χ0) is 12.3. The Morgan fingerprint density at radius 2 is 1.88 bits per heavy atom. The van der Waals surface area contributed by atoms with E-state index in [0.717, 1.165) is 25.0 Å². The van der Waals surface area contributed by atoms with E-state index >= 15 is 0 Å². The Hall–Kier alpha value is -0.760. The van der Waals surface area contributed by atoms with Crippen LogP contribution in [0, 0.1) is 0 Å². The Kier molecular flexibility index (Phi) is 7.81. The molecule has 2 heteroatoms. The second kappa shape index (κ2) is 9.29. The fraction of sp³-hybridized carbons (Fsp3) is 0.733. The van der Waals surface area contributed by atoms with E-state index in [1.54, 1.807) is 6.26 Å². The van der Waals surface area contributed by atoms with E-state index in [4.69, 9.17) is 10.2 Å². The monoisotopic (exact) mass is 237 g/mol. The van der Waals surface area contributed by atoms with Crippen molar-refractivity contribution < 1.29 is 4.42 Å². The topological polar surface area (TPSA) is 39.2 Å². The summed E-state index contributed by atoms with van der Waals surface area (Å²) in [7, 11) is 0. The smallest absolute Gasteiger partial charge is 0.103 e. The number of hydrogen-bond donors (Lipinski definition) is 1. The molecule has 0 aliphatic heterocycles. The molecular weight excluding hydrogens is 210 g/mol. The van der Waals surface area contributed by atoms with Gasteiger partial charge in [0.2, 0.25) is 0 Å². The molecule has 1 aromatic rings. The van der Waals surface area contributed by atoms with Gasteiger partial charge >= 0.3 is 0 Å². The van der Waals surface area contributed by atoms with E-state index in [9.17, 15) is 0 Å². The molecule has 0 aromatic carbocycles. The highest BCUT2D eigenvalue weighted by molar-refractivity contribution is 4.98. The Balaban J connectivity index is 1.92. The first kappa shape index (κ1) is 14.3. The quantitative estimate of drug-likeness (QED) is 0.616. The molecule has 1 atom stereocenters. The molecule has 0 radical (unpaired) electrons. The largest absolute Gasteiger partial charge is 0.469 e. The molecule has 98 valence electrons. The Bertz CT molecular complexity index is 256. The molecule has 1 aromatic heterocycles. The normalized spacial score (nSPS) is 12.8. The van der Waals surface area contributed by atoms with Crippen molar-refractivity contribution in [1.82, 2.24) is 0 Å². The highest BCUT2D eigenvalue weighted by atomic mass is 16.3. The maximum absolute atomic E-state index is 6.09. The average molecular weight is 237 g/mol. The van der Waals surface area contributed by atoms with E-state index in [0.29, 0.717) is 6.04 Å². The zero-order valence-corrected chi connectivity index (χ0v) is 11.2. The van der Waals surface area contributed by atoms with E-state index in [1.165, 1.54) is 38.5 Å². The molecule has 2 N–H and O–H groups in total. The van der Waals surface area contributed by atoms with Crippen molar-refractivity contribution in [2.24, 2.45) is 5.73 Å². The second-order valence-corrected chi connectivity index (χ2v) is 4.93. The predicted molar refractivity (Wildman–Crippen MR) is 73.0 cm³/mol. The van der Waals surface area contributed by atoms with Gasteiger partial charge in [-0.2, -0.15) is 0 Å². The maximum atomic E-state index is 6.09. The lowest BCUT2D eigenvalue weighted by Crippen LogP contribution is -2.20. The molecule has 1 unspecified atom stereocenters. The van der Waals surface area contributed by atoms with Crippen molar-refractivity contribution in [3.8, 4) is 0 Å². The lowest BCUT2D eigenvalue weighted by atomic mass is 10.0. The van der Waals surface area contributed by atoms with Crippen LogP contribution in [0.15, 0.2) is 22.8 Å². The first-order valence-electron chi connectivity index (χ1n) is 7.11. The van der Waals surface area contributed by atoms with Crippen LogP contribution in [0.2, 0.25) is 0 Å². The van der Waals surface area contributed by atoms with Gasteiger partial charge in [-0.1, -0.05) is 45.4 Å². The zero-order valence-electron chi connectivity index (χ0n) is 11.2. The molecule has 1 heterocycles. The third kappa shape index (κ3) is 7.22. The third-order valence-electron chi connectivity index (χ3n) is 3.27. The van der Waals surface area contributed by atoms with Crippen LogP contribution in [0.4, 0.5) is 0 Å². The lowest BCUT2D eigenvalue weighted by Gasteiger charge is -2.10. The highest BCUT2D eigenvalue weighted by Gasteiger charge is 2.04. The number of aryl methyl sites for hydroxylation is 1. The van der Waals surface area contributed by atoms with Crippen LogP contribution >= 0.6 is 0 Å². The molecule has 0 fully saturated rings. The Morgan fingerprint density at radius 1 is 1.12 bits per heavy atom. The van der Waals surface area contributed by atoms with Crippen molar-refractivity contribution in [2.75, 3.05) is 0 Å². The van der Waals surface area contributed by atoms with Gasteiger partial charge in [-0.25, -0.2) is 0 Å². The molecule has 0 aliphatic carbocycles. The van der Waals surface area contributed by atoms with Crippen LogP contribution in [0.1, 0.15) is 64.1 Å². The SMILES string of the molecule is CCCCCCCCC(N)CCc1ccco1. The number of nitrogens with two attached hydrogens (primary N) is 1. The van der Waals surface area contributed by atoms with Gasteiger partial charge < -0.3 is 10.2 Å². The van der Waals surface area contributed by atoms with E-state index < -0.39 is 0 Å². The maximum Gasteiger partial charge on any atom is 0.103 e. The van der Waals surface area contributed by atoms with Crippen molar-refractivity contribution in [3.63, 3.8) is 0 Å². The van der Waals surface area contributed by atoms with Gasteiger partial charge in [-0.15, -0.1) is 0 Å².